The van der Waals surface area contributed by atoms with Crippen LogP contribution in [0.4, 0.5) is 4.79 Å². The minimum Gasteiger partial charge on any atom is -0.481 e. The molecule has 0 aromatic rings. The first-order valence-corrected chi connectivity index (χ1v) is 6.41. The van der Waals surface area contributed by atoms with E-state index in [-0.39, 0.29) is 12.0 Å². The number of nitrogens with one attached hydrogen (secondary N) is 1. The maximum atomic E-state index is 11.5. The number of hydrogen-bond donors (Lipinski definition) is 2. The van der Waals surface area contributed by atoms with Crippen molar-refractivity contribution in [3.05, 3.63) is 0 Å². The van der Waals surface area contributed by atoms with Gasteiger partial charge in [-0.2, -0.15) is 0 Å². The Morgan fingerprint density at radius 1 is 1.33 bits per heavy atom. The molecule has 2 aliphatic rings. The SMILES string of the molecule is CC(C)(C)OC(=O)NCC1(C(=O)O)CC12CCC2. The first-order valence-electron chi connectivity index (χ1n) is 6.41. The maximum absolute atomic E-state index is 11.5. The first kappa shape index (κ1) is 13.2. The van der Waals surface area contributed by atoms with Gasteiger partial charge >= 0.3 is 12.1 Å². The van der Waals surface area contributed by atoms with E-state index in [1.807, 2.05) is 0 Å². The molecule has 0 radical (unpaired) electrons. The van der Waals surface area contributed by atoms with Crippen LogP contribution in [-0.2, 0) is 9.53 Å². The van der Waals surface area contributed by atoms with Crippen molar-refractivity contribution in [3.8, 4) is 0 Å². The van der Waals surface area contributed by atoms with Crippen LogP contribution < -0.4 is 5.32 Å². The average Bonchev–Trinajstić information content (AvgIpc) is 2.82. The Morgan fingerprint density at radius 3 is 2.28 bits per heavy atom. The number of carboxylic acid groups (broad SMARTS) is 1. The lowest BCUT2D eigenvalue weighted by Crippen LogP contribution is -2.41. The van der Waals surface area contributed by atoms with Gasteiger partial charge in [-0.15, -0.1) is 0 Å². The highest BCUT2D eigenvalue weighted by molar-refractivity contribution is 5.82. The number of rotatable bonds is 3. The quantitative estimate of drug-likeness (QED) is 0.810. The monoisotopic (exact) mass is 255 g/mol. The summed E-state index contributed by atoms with van der Waals surface area (Å²) < 4.78 is 5.12. The second kappa shape index (κ2) is 3.87. The van der Waals surface area contributed by atoms with Gasteiger partial charge in [-0.3, -0.25) is 4.79 Å². The molecule has 102 valence electrons. The van der Waals surface area contributed by atoms with Crippen molar-refractivity contribution < 1.29 is 19.4 Å². The largest absolute Gasteiger partial charge is 0.481 e. The molecule has 2 N–H and O–H groups in total. The molecule has 2 fully saturated rings. The highest BCUT2D eigenvalue weighted by Gasteiger charge is 2.73. The van der Waals surface area contributed by atoms with Crippen molar-refractivity contribution in [2.45, 2.75) is 52.1 Å². The second-order valence-corrected chi connectivity index (χ2v) is 6.55. The zero-order valence-electron chi connectivity index (χ0n) is 11.2. The number of alkyl carbamates (subject to hydrolysis) is 1. The summed E-state index contributed by atoms with van der Waals surface area (Å²) in [6, 6.07) is 0. The summed E-state index contributed by atoms with van der Waals surface area (Å²) in [7, 11) is 0. The van der Waals surface area contributed by atoms with Gasteiger partial charge in [0.25, 0.3) is 0 Å². The molecule has 0 saturated heterocycles. The summed E-state index contributed by atoms with van der Waals surface area (Å²) in [5.74, 6) is -0.793. The van der Waals surface area contributed by atoms with Gasteiger partial charge in [0, 0.05) is 6.54 Å². The molecular formula is C13H21NO4. The number of hydrogen-bond acceptors (Lipinski definition) is 3. The average molecular weight is 255 g/mol. The third-order valence-electron chi connectivity index (χ3n) is 4.18. The van der Waals surface area contributed by atoms with E-state index in [0.717, 1.165) is 19.3 Å². The molecule has 1 atom stereocenters. The summed E-state index contributed by atoms with van der Waals surface area (Å²) in [5, 5.41) is 12.0. The predicted octanol–water partition coefficient (Wildman–Crippen LogP) is 2.16. The standard InChI is InChI=1S/C13H21NO4/c1-11(2,3)18-10(17)14-8-13(9(15)16)7-12(13)5-4-6-12/h4-8H2,1-3H3,(H,14,17)(H,15,16). The highest BCUT2D eigenvalue weighted by Crippen LogP contribution is 2.73. The fraction of sp³-hybridized carbons (Fsp3) is 0.846. The Hall–Kier alpha value is -1.26. The summed E-state index contributed by atoms with van der Waals surface area (Å²) in [5.41, 5.74) is -1.35. The molecule has 1 unspecified atom stereocenters. The van der Waals surface area contributed by atoms with E-state index in [1.54, 1.807) is 20.8 Å². The van der Waals surface area contributed by atoms with Gasteiger partial charge < -0.3 is 15.2 Å². The van der Waals surface area contributed by atoms with Gasteiger partial charge in [0.1, 0.15) is 5.60 Å². The Kier molecular flexibility index (Phi) is 2.83. The lowest BCUT2D eigenvalue weighted by molar-refractivity contribution is -0.145. The van der Waals surface area contributed by atoms with E-state index in [2.05, 4.69) is 5.32 Å². The fourth-order valence-electron chi connectivity index (χ4n) is 2.96. The molecule has 2 aliphatic carbocycles. The molecule has 0 aromatic heterocycles. The summed E-state index contributed by atoms with van der Waals surface area (Å²) in [4.78, 5) is 22.9. The molecule has 1 spiro atoms. The van der Waals surface area contributed by atoms with Gasteiger partial charge in [0.2, 0.25) is 0 Å². The Balaban J connectivity index is 1.89. The second-order valence-electron chi connectivity index (χ2n) is 6.55. The Bertz CT molecular complexity index is 381. The van der Waals surface area contributed by atoms with Crippen LogP contribution in [0, 0.1) is 10.8 Å². The molecule has 2 rings (SSSR count). The van der Waals surface area contributed by atoms with Crippen LogP contribution in [-0.4, -0.2) is 29.3 Å². The van der Waals surface area contributed by atoms with Crippen molar-refractivity contribution in [3.63, 3.8) is 0 Å². The van der Waals surface area contributed by atoms with Gasteiger partial charge in [0.15, 0.2) is 0 Å². The summed E-state index contributed by atoms with van der Waals surface area (Å²) in [6.07, 6.45) is 3.18. The molecule has 0 aliphatic heterocycles. The minimum absolute atomic E-state index is 0.0478. The van der Waals surface area contributed by atoms with Crippen LogP contribution in [0.3, 0.4) is 0 Å². The van der Waals surface area contributed by atoms with Crippen LogP contribution in [0.25, 0.3) is 0 Å². The lowest BCUT2D eigenvalue weighted by atomic mass is 9.75. The van der Waals surface area contributed by atoms with Gasteiger partial charge in [-0.1, -0.05) is 6.42 Å². The molecule has 18 heavy (non-hydrogen) atoms. The molecule has 0 bridgehead atoms. The number of ether oxygens (including phenoxy) is 1. The number of amides is 1. The van der Waals surface area contributed by atoms with Crippen molar-refractivity contribution in [1.82, 2.24) is 5.32 Å². The van der Waals surface area contributed by atoms with E-state index in [1.165, 1.54) is 0 Å². The number of carbonyl (C=O) groups excluding carboxylic acids is 1. The van der Waals surface area contributed by atoms with E-state index in [4.69, 9.17) is 4.74 Å². The minimum atomic E-state index is -0.793. The Labute approximate surface area is 107 Å². The van der Waals surface area contributed by atoms with Crippen molar-refractivity contribution in [2.75, 3.05) is 6.54 Å². The zero-order chi connectivity index (χ0) is 13.6. The van der Waals surface area contributed by atoms with Crippen LogP contribution in [0.5, 0.6) is 0 Å². The summed E-state index contributed by atoms with van der Waals surface area (Å²) >= 11 is 0. The Morgan fingerprint density at radius 2 is 1.94 bits per heavy atom. The van der Waals surface area contributed by atoms with Gasteiger partial charge in [-0.05, 0) is 45.4 Å². The van der Waals surface area contributed by atoms with Crippen molar-refractivity contribution >= 4 is 12.1 Å². The molecule has 5 heteroatoms. The number of carbonyl (C=O) groups is 2. The van der Waals surface area contributed by atoms with Crippen LogP contribution >= 0.6 is 0 Å². The predicted molar refractivity (Wildman–Crippen MR) is 65.2 cm³/mol. The van der Waals surface area contributed by atoms with Crippen molar-refractivity contribution in [2.24, 2.45) is 10.8 Å². The first-order chi connectivity index (χ1) is 8.21. The highest BCUT2D eigenvalue weighted by atomic mass is 16.6. The van der Waals surface area contributed by atoms with Crippen molar-refractivity contribution in [1.29, 1.82) is 0 Å². The van der Waals surface area contributed by atoms with Gasteiger partial charge in [-0.25, -0.2) is 4.79 Å². The molecule has 5 nitrogen and oxygen atoms in total. The molecule has 1 amide bonds. The van der Waals surface area contributed by atoms with Gasteiger partial charge in [0.05, 0.1) is 5.41 Å². The number of carboxylic acids is 1. The molecule has 0 aromatic carbocycles. The molecule has 0 heterocycles. The lowest BCUT2D eigenvalue weighted by Gasteiger charge is -2.31. The van der Waals surface area contributed by atoms with E-state index in [9.17, 15) is 14.7 Å². The zero-order valence-corrected chi connectivity index (χ0v) is 11.2. The number of aliphatic carboxylic acids is 1. The van der Waals surface area contributed by atoms with E-state index < -0.39 is 23.1 Å². The van der Waals surface area contributed by atoms with Crippen LogP contribution in [0.2, 0.25) is 0 Å². The van der Waals surface area contributed by atoms with Crippen LogP contribution in [0.1, 0.15) is 46.5 Å². The summed E-state index contributed by atoms with van der Waals surface area (Å²) in [6.45, 7) is 5.52. The van der Waals surface area contributed by atoms with Crippen LogP contribution in [0.15, 0.2) is 0 Å². The van der Waals surface area contributed by atoms with E-state index in [0.29, 0.717) is 6.42 Å². The smallest absolute Gasteiger partial charge is 0.407 e. The normalized spacial score (nSPS) is 28.4. The fourth-order valence-corrected chi connectivity index (χ4v) is 2.96. The molecular weight excluding hydrogens is 234 g/mol. The third-order valence-corrected chi connectivity index (χ3v) is 4.18. The third kappa shape index (κ3) is 2.06. The molecule has 2 saturated carbocycles. The maximum Gasteiger partial charge on any atom is 0.407 e. The van der Waals surface area contributed by atoms with E-state index >= 15 is 0 Å². The topological polar surface area (TPSA) is 75.6 Å².